The quantitative estimate of drug-likeness (QED) is 0.559. The summed E-state index contributed by atoms with van der Waals surface area (Å²) in [5.74, 6) is 0. The average molecular weight is 220 g/mol. The van der Waals surface area contributed by atoms with Crippen LogP contribution >= 0.6 is 0 Å². The van der Waals surface area contributed by atoms with E-state index in [1.54, 1.807) is 0 Å². The maximum absolute atomic E-state index is 10.7. The third kappa shape index (κ3) is 1.52. The zero-order valence-electron chi connectivity index (χ0n) is 7.73. The summed E-state index contributed by atoms with van der Waals surface area (Å²) in [6, 6.07) is 2.02. The van der Waals surface area contributed by atoms with Crippen LogP contribution in [0.5, 0.6) is 0 Å². The number of aromatic nitrogens is 2. The highest BCUT2D eigenvalue weighted by Crippen LogP contribution is 2.27. The number of non-ortho nitro benzene ring substituents is 2. The Morgan fingerprint density at radius 2 is 1.69 bits per heavy atom. The summed E-state index contributed by atoms with van der Waals surface area (Å²) >= 11 is 0. The van der Waals surface area contributed by atoms with Crippen molar-refractivity contribution in [3.05, 3.63) is 44.8 Å². The first-order valence-corrected chi connectivity index (χ1v) is 4.13. The highest BCUT2D eigenvalue weighted by atomic mass is 16.6. The summed E-state index contributed by atoms with van der Waals surface area (Å²) in [7, 11) is 0. The molecule has 1 heterocycles. The van der Waals surface area contributed by atoms with Crippen molar-refractivity contribution in [2.45, 2.75) is 0 Å². The fourth-order valence-corrected chi connectivity index (χ4v) is 1.29. The van der Waals surface area contributed by atoms with Gasteiger partial charge in [0.15, 0.2) is 5.52 Å². The van der Waals surface area contributed by atoms with Crippen molar-refractivity contribution in [3.63, 3.8) is 0 Å². The minimum atomic E-state index is -0.718. The summed E-state index contributed by atoms with van der Waals surface area (Å²) < 4.78 is 0. The predicted molar refractivity (Wildman–Crippen MR) is 52.8 cm³/mol. The van der Waals surface area contributed by atoms with E-state index in [2.05, 4.69) is 9.97 Å². The molecule has 8 nitrogen and oxygen atoms in total. The van der Waals surface area contributed by atoms with Crippen molar-refractivity contribution in [1.82, 2.24) is 9.97 Å². The molecule has 0 saturated heterocycles. The van der Waals surface area contributed by atoms with Crippen molar-refractivity contribution in [2.24, 2.45) is 0 Å². The molecule has 0 amide bonds. The van der Waals surface area contributed by atoms with Crippen molar-refractivity contribution < 1.29 is 9.85 Å². The van der Waals surface area contributed by atoms with Crippen LogP contribution in [0.25, 0.3) is 11.0 Å². The molecule has 0 atom stereocenters. The van der Waals surface area contributed by atoms with Gasteiger partial charge in [0.25, 0.3) is 5.69 Å². The number of hydrogen-bond acceptors (Lipinski definition) is 6. The summed E-state index contributed by atoms with van der Waals surface area (Å²) in [6.45, 7) is 0. The number of nitrogens with zero attached hydrogens (tertiary/aromatic N) is 4. The maximum Gasteiger partial charge on any atom is 0.303 e. The first-order valence-electron chi connectivity index (χ1n) is 4.13. The SMILES string of the molecule is O=[N+]([O-])c1cc([N+](=O)[O-])c2nccnc2c1. The van der Waals surface area contributed by atoms with Gasteiger partial charge in [-0.15, -0.1) is 0 Å². The first-order chi connectivity index (χ1) is 7.59. The van der Waals surface area contributed by atoms with Crippen LogP contribution in [0.3, 0.4) is 0 Å². The molecular weight excluding hydrogens is 216 g/mol. The Balaban J connectivity index is 2.84. The van der Waals surface area contributed by atoms with E-state index in [-0.39, 0.29) is 16.7 Å². The van der Waals surface area contributed by atoms with Gasteiger partial charge in [0.2, 0.25) is 0 Å². The lowest BCUT2D eigenvalue weighted by molar-refractivity contribution is -0.393. The molecule has 1 aromatic carbocycles. The summed E-state index contributed by atoms with van der Waals surface area (Å²) in [6.07, 6.45) is 2.61. The molecule has 0 spiro atoms. The molecule has 0 radical (unpaired) electrons. The Labute approximate surface area is 87.9 Å². The molecule has 8 heteroatoms. The van der Waals surface area contributed by atoms with E-state index < -0.39 is 15.5 Å². The Morgan fingerprint density at radius 3 is 2.31 bits per heavy atom. The lowest BCUT2D eigenvalue weighted by Gasteiger charge is -1.97. The third-order valence-electron chi connectivity index (χ3n) is 1.95. The molecule has 2 rings (SSSR count). The van der Waals surface area contributed by atoms with Crippen LogP contribution < -0.4 is 0 Å². The van der Waals surface area contributed by atoms with Crippen molar-refractivity contribution in [1.29, 1.82) is 0 Å². The molecule has 0 N–H and O–H groups in total. The standard InChI is InChI=1S/C8H4N4O4/c13-11(14)5-3-6-8(10-2-1-9-6)7(4-5)12(15)16/h1-4H. The second-order valence-electron chi connectivity index (χ2n) is 2.90. The van der Waals surface area contributed by atoms with Gasteiger partial charge >= 0.3 is 5.69 Å². The smallest absolute Gasteiger partial charge is 0.258 e. The first kappa shape index (κ1) is 9.90. The largest absolute Gasteiger partial charge is 0.303 e. The molecule has 0 unspecified atom stereocenters. The fourth-order valence-electron chi connectivity index (χ4n) is 1.29. The van der Waals surface area contributed by atoms with E-state index in [9.17, 15) is 20.2 Å². The number of hydrogen-bond donors (Lipinski definition) is 0. The van der Waals surface area contributed by atoms with Gasteiger partial charge in [-0.1, -0.05) is 0 Å². The normalized spacial score (nSPS) is 10.2. The predicted octanol–water partition coefficient (Wildman–Crippen LogP) is 1.45. The zero-order chi connectivity index (χ0) is 11.7. The Bertz CT molecular complexity index is 598. The van der Waals surface area contributed by atoms with E-state index in [1.165, 1.54) is 12.4 Å². The Hall–Kier alpha value is -2.64. The molecule has 0 saturated carbocycles. The second-order valence-corrected chi connectivity index (χ2v) is 2.90. The number of benzene rings is 1. The third-order valence-corrected chi connectivity index (χ3v) is 1.95. The number of nitro groups is 2. The van der Waals surface area contributed by atoms with E-state index >= 15 is 0 Å². The van der Waals surface area contributed by atoms with Crippen molar-refractivity contribution >= 4 is 22.4 Å². The highest BCUT2D eigenvalue weighted by molar-refractivity contribution is 5.86. The van der Waals surface area contributed by atoms with Crippen LogP contribution in [0, 0.1) is 20.2 Å². The van der Waals surface area contributed by atoms with E-state index in [1.807, 2.05) is 0 Å². The molecule has 1 aromatic heterocycles. The molecule has 2 aromatic rings. The minimum Gasteiger partial charge on any atom is -0.258 e. The summed E-state index contributed by atoms with van der Waals surface area (Å²) in [5.41, 5.74) is -0.626. The van der Waals surface area contributed by atoms with Crippen LogP contribution in [-0.4, -0.2) is 19.8 Å². The van der Waals surface area contributed by atoms with E-state index in [0.29, 0.717) is 0 Å². The number of rotatable bonds is 2. The summed E-state index contributed by atoms with van der Waals surface area (Å²) in [5, 5.41) is 21.3. The van der Waals surface area contributed by atoms with Crippen molar-refractivity contribution in [2.75, 3.05) is 0 Å². The lowest BCUT2D eigenvalue weighted by Crippen LogP contribution is -1.96. The molecule has 80 valence electrons. The summed E-state index contributed by atoms with van der Waals surface area (Å²) in [4.78, 5) is 27.4. The average Bonchev–Trinajstić information content (AvgIpc) is 2.27. The monoisotopic (exact) mass is 220 g/mol. The van der Waals surface area contributed by atoms with Gasteiger partial charge < -0.3 is 0 Å². The van der Waals surface area contributed by atoms with Gasteiger partial charge in [0, 0.05) is 18.5 Å². The van der Waals surface area contributed by atoms with Gasteiger partial charge in [0.1, 0.15) is 5.52 Å². The number of nitro benzene ring substituents is 2. The van der Waals surface area contributed by atoms with Crippen LogP contribution in [0.15, 0.2) is 24.5 Å². The van der Waals surface area contributed by atoms with Crippen LogP contribution in [0.4, 0.5) is 11.4 Å². The van der Waals surface area contributed by atoms with Gasteiger partial charge in [0.05, 0.1) is 15.9 Å². The van der Waals surface area contributed by atoms with Gasteiger partial charge in [-0.05, 0) is 0 Å². The Kier molecular flexibility index (Phi) is 2.16. The topological polar surface area (TPSA) is 112 Å². The molecular formula is C8H4N4O4. The molecule has 0 bridgehead atoms. The molecule has 0 aliphatic heterocycles. The Morgan fingerprint density at radius 1 is 1.00 bits per heavy atom. The maximum atomic E-state index is 10.7. The zero-order valence-corrected chi connectivity index (χ0v) is 7.73. The van der Waals surface area contributed by atoms with Gasteiger partial charge in [-0.25, -0.2) is 4.98 Å². The van der Waals surface area contributed by atoms with E-state index in [0.717, 1.165) is 12.1 Å². The van der Waals surface area contributed by atoms with Gasteiger partial charge in [-0.2, -0.15) is 0 Å². The van der Waals surface area contributed by atoms with Crippen LogP contribution in [-0.2, 0) is 0 Å². The fraction of sp³-hybridized carbons (Fsp3) is 0. The highest BCUT2D eigenvalue weighted by Gasteiger charge is 2.20. The molecule has 0 aliphatic carbocycles. The number of fused-ring (bicyclic) bond motifs is 1. The molecule has 16 heavy (non-hydrogen) atoms. The van der Waals surface area contributed by atoms with Crippen LogP contribution in [0.1, 0.15) is 0 Å². The second kappa shape index (κ2) is 3.50. The lowest BCUT2D eigenvalue weighted by atomic mass is 10.2. The van der Waals surface area contributed by atoms with Gasteiger partial charge in [-0.3, -0.25) is 25.2 Å². The minimum absolute atomic E-state index is 0.0399. The molecule has 0 aliphatic rings. The molecule has 0 fully saturated rings. The van der Waals surface area contributed by atoms with Crippen molar-refractivity contribution in [3.8, 4) is 0 Å². The van der Waals surface area contributed by atoms with Crippen LogP contribution in [0.2, 0.25) is 0 Å². The van der Waals surface area contributed by atoms with E-state index in [4.69, 9.17) is 0 Å².